The Kier molecular flexibility index (Phi) is 6.10. The van der Waals surface area contributed by atoms with Gasteiger partial charge in [-0.1, -0.05) is 30.3 Å². The second-order valence-corrected chi connectivity index (χ2v) is 7.00. The molecule has 1 aliphatic rings. The molecular formula is C21H23NO6. The summed E-state index contributed by atoms with van der Waals surface area (Å²) in [6, 6.07) is 14.6. The average molecular weight is 385 g/mol. The normalized spacial score (nSPS) is 28.5. The third-order valence-corrected chi connectivity index (χ3v) is 5.18. The quantitative estimate of drug-likeness (QED) is 0.515. The third kappa shape index (κ3) is 3.80. The van der Waals surface area contributed by atoms with Crippen molar-refractivity contribution in [2.24, 2.45) is 0 Å². The first-order valence-corrected chi connectivity index (χ1v) is 8.97. The lowest BCUT2D eigenvalue weighted by atomic mass is 9.88. The van der Waals surface area contributed by atoms with Crippen LogP contribution >= 0.6 is 0 Å². The highest BCUT2D eigenvalue weighted by molar-refractivity contribution is 5.65. The number of ether oxygens (including phenoxy) is 1. The lowest BCUT2D eigenvalue weighted by Gasteiger charge is -2.42. The van der Waals surface area contributed by atoms with Crippen molar-refractivity contribution < 1.29 is 30.3 Å². The maximum Gasteiger partial charge on any atom is 0.117 e. The van der Waals surface area contributed by atoms with Crippen molar-refractivity contribution in [3.8, 4) is 17.2 Å². The summed E-state index contributed by atoms with van der Waals surface area (Å²) in [5.74, 6) is 0. The van der Waals surface area contributed by atoms with Gasteiger partial charge in [0.25, 0.3) is 0 Å². The lowest BCUT2D eigenvalue weighted by molar-refractivity contribution is -0.250. The van der Waals surface area contributed by atoms with Crippen LogP contribution in [0, 0.1) is 18.3 Å². The van der Waals surface area contributed by atoms with Gasteiger partial charge in [0.2, 0.25) is 0 Å². The van der Waals surface area contributed by atoms with Crippen LogP contribution in [0.5, 0.6) is 0 Å². The van der Waals surface area contributed by atoms with E-state index < -0.39 is 43.2 Å². The van der Waals surface area contributed by atoms with Crippen molar-refractivity contribution in [1.29, 1.82) is 5.26 Å². The molecule has 0 spiro atoms. The van der Waals surface area contributed by atoms with Gasteiger partial charge in [0.1, 0.15) is 36.6 Å². The fourth-order valence-electron chi connectivity index (χ4n) is 3.49. The van der Waals surface area contributed by atoms with Crippen molar-refractivity contribution in [2.75, 3.05) is 6.61 Å². The van der Waals surface area contributed by atoms with E-state index in [0.717, 1.165) is 16.7 Å². The topological polar surface area (TPSA) is 134 Å². The van der Waals surface area contributed by atoms with Crippen LogP contribution in [0.4, 0.5) is 0 Å². The van der Waals surface area contributed by atoms with Gasteiger partial charge in [-0.05, 0) is 41.3 Å². The summed E-state index contributed by atoms with van der Waals surface area (Å²) in [4.78, 5) is 0. The van der Waals surface area contributed by atoms with Crippen LogP contribution in [0.1, 0.15) is 22.8 Å². The molecule has 1 saturated heterocycles. The molecule has 3 rings (SSSR count). The first-order chi connectivity index (χ1) is 13.4. The van der Waals surface area contributed by atoms with Gasteiger partial charge >= 0.3 is 0 Å². The second kappa shape index (κ2) is 8.37. The zero-order valence-electron chi connectivity index (χ0n) is 15.3. The lowest BCUT2D eigenvalue weighted by Crippen LogP contribution is -2.59. The molecule has 0 aliphatic carbocycles. The standard InChI is InChI=1S/C21H23NO6/c1-11-8-14(13-4-2-12(9-22)3-5-13)6-7-15(11)17(24)21-20(27)19(26)18(25)16(10-23)28-21/h2-8,16-21,23-27H,10H2,1H3/t16-,17-,18-,19+,20+,21-/m1/s1. The molecule has 0 unspecified atom stereocenters. The Labute approximate surface area is 162 Å². The molecule has 0 saturated carbocycles. The molecule has 148 valence electrons. The Morgan fingerprint density at radius 3 is 2.21 bits per heavy atom. The minimum absolute atomic E-state index is 0.502. The van der Waals surface area contributed by atoms with Gasteiger partial charge in [-0.15, -0.1) is 0 Å². The molecule has 2 aromatic carbocycles. The second-order valence-electron chi connectivity index (χ2n) is 7.00. The van der Waals surface area contributed by atoms with E-state index in [2.05, 4.69) is 6.07 Å². The SMILES string of the molecule is Cc1cc(-c2ccc(C#N)cc2)ccc1[C@@H](O)[C@H]1O[C@H](CO)[C@@H](O)[C@H](O)[C@@H]1O. The summed E-state index contributed by atoms with van der Waals surface area (Å²) >= 11 is 0. The van der Waals surface area contributed by atoms with Crippen molar-refractivity contribution in [1.82, 2.24) is 0 Å². The van der Waals surface area contributed by atoms with Crippen LogP contribution in [0.15, 0.2) is 42.5 Å². The number of aliphatic hydroxyl groups excluding tert-OH is 5. The number of aliphatic hydroxyl groups is 5. The van der Waals surface area contributed by atoms with Crippen LogP contribution in [0.25, 0.3) is 11.1 Å². The summed E-state index contributed by atoms with van der Waals surface area (Å²) in [7, 11) is 0. The van der Waals surface area contributed by atoms with Gasteiger partial charge in [0.05, 0.1) is 18.2 Å². The van der Waals surface area contributed by atoms with Crippen molar-refractivity contribution in [3.63, 3.8) is 0 Å². The third-order valence-electron chi connectivity index (χ3n) is 5.18. The average Bonchev–Trinajstić information content (AvgIpc) is 2.72. The highest BCUT2D eigenvalue weighted by Crippen LogP contribution is 2.33. The zero-order chi connectivity index (χ0) is 20.4. The summed E-state index contributed by atoms with van der Waals surface area (Å²) in [6.45, 7) is 1.25. The first-order valence-electron chi connectivity index (χ1n) is 8.97. The van der Waals surface area contributed by atoms with Gasteiger partial charge in [0.15, 0.2) is 0 Å². The van der Waals surface area contributed by atoms with E-state index >= 15 is 0 Å². The molecule has 7 heteroatoms. The Morgan fingerprint density at radius 2 is 1.64 bits per heavy atom. The minimum atomic E-state index is -1.54. The van der Waals surface area contributed by atoms with Crippen LogP contribution in [-0.2, 0) is 4.74 Å². The number of nitriles is 1. The maximum atomic E-state index is 10.7. The van der Waals surface area contributed by atoms with E-state index in [1.165, 1.54) is 0 Å². The van der Waals surface area contributed by atoms with E-state index in [1.807, 2.05) is 18.2 Å². The summed E-state index contributed by atoms with van der Waals surface area (Å²) in [6.07, 6.45) is -8.05. The van der Waals surface area contributed by atoms with Crippen molar-refractivity contribution in [2.45, 2.75) is 43.5 Å². The molecule has 0 radical (unpaired) electrons. The molecule has 5 N–H and O–H groups in total. The molecule has 7 nitrogen and oxygen atoms in total. The fourth-order valence-corrected chi connectivity index (χ4v) is 3.49. The van der Waals surface area contributed by atoms with E-state index in [0.29, 0.717) is 11.1 Å². The molecule has 0 aromatic heterocycles. The monoisotopic (exact) mass is 385 g/mol. The smallest absolute Gasteiger partial charge is 0.117 e. The molecule has 1 aliphatic heterocycles. The molecule has 2 aromatic rings. The zero-order valence-corrected chi connectivity index (χ0v) is 15.3. The fraction of sp³-hybridized carbons (Fsp3) is 0.381. The Morgan fingerprint density at radius 1 is 1.00 bits per heavy atom. The van der Waals surface area contributed by atoms with Crippen molar-refractivity contribution in [3.05, 3.63) is 59.2 Å². The van der Waals surface area contributed by atoms with E-state index in [-0.39, 0.29) is 0 Å². The van der Waals surface area contributed by atoms with Gasteiger partial charge in [-0.2, -0.15) is 5.26 Å². The number of hydrogen-bond donors (Lipinski definition) is 5. The highest BCUT2D eigenvalue weighted by atomic mass is 16.6. The molecule has 6 atom stereocenters. The number of benzene rings is 2. The summed E-state index contributed by atoms with van der Waals surface area (Å²) in [5.41, 5.74) is 3.62. The molecule has 1 fully saturated rings. The van der Waals surface area contributed by atoms with Gasteiger partial charge in [-0.25, -0.2) is 0 Å². The maximum absolute atomic E-state index is 10.7. The largest absolute Gasteiger partial charge is 0.394 e. The van der Waals surface area contributed by atoms with E-state index in [1.54, 1.807) is 31.2 Å². The number of aryl methyl sites for hydroxylation is 1. The van der Waals surface area contributed by atoms with Crippen LogP contribution < -0.4 is 0 Å². The Hall–Kier alpha value is -2.31. The summed E-state index contributed by atoms with van der Waals surface area (Å²) < 4.78 is 5.45. The number of nitrogens with zero attached hydrogens (tertiary/aromatic N) is 1. The first kappa shape index (κ1) is 20.4. The molecule has 0 bridgehead atoms. The number of rotatable bonds is 4. The van der Waals surface area contributed by atoms with Crippen LogP contribution in [0.3, 0.4) is 0 Å². The minimum Gasteiger partial charge on any atom is -0.394 e. The van der Waals surface area contributed by atoms with E-state index in [9.17, 15) is 25.5 Å². The van der Waals surface area contributed by atoms with Gasteiger partial charge in [0, 0.05) is 0 Å². The van der Waals surface area contributed by atoms with Gasteiger partial charge < -0.3 is 30.3 Å². The molecule has 1 heterocycles. The predicted octanol–water partition coefficient (Wildman–Crippen LogP) is 0.409. The molecule has 28 heavy (non-hydrogen) atoms. The van der Waals surface area contributed by atoms with Gasteiger partial charge in [-0.3, -0.25) is 0 Å². The number of hydrogen-bond acceptors (Lipinski definition) is 7. The highest BCUT2D eigenvalue weighted by Gasteiger charge is 2.46. The van der Waals surface area contributed by atoms with E-state index in [4.69, 9.17) is 10.00 Å². The Bertz CT molecular complexity index is 860. The van der Waals surface area contributed by atoms with Crippen LogP contribution in [0.2, 0.25) is 0 Å². The predicted molar refractivity (Wildman–Crippen MR) is 100 cm³/mol. The van der Waals surface area contributed by atoms with Crippen molar-refractivity contribution >= 4 is 0 Å². The molecular weight excluding hydrogens is 362 g/mol. The Balaban J connectivity index is 1.85. The van der Waals surface area contributed by atoms with Crippen LogP contribution in [-0.4, -0.2) is 62.7 Å². The molecule has 0 amide bonds. The summed E-state index contributed by atoms with van der Waals surface area (Å²) in [5, 5.41) is 59.0.